The van der Waals surface area contributed by atoms with Crippen LogP contribution in [0.3, 0.4) is 0 Å². The predicted octanol–water partition coefficient (Wildman–Crippen LogP) is 3.72. The summed E-state index contributed by atoms with van der Waals surface area (Å²) < 4.78 is 13.9. The molecule has 0 aliphatic rings. The Balaban J connectivity index is 2.43. The summed E-state index contributed by atoms with van der Waals surface area (Å²) in [6.07, 6.45) is 0.992. The van der Waals surface area contributed by atoms with E-state index in [9.17, 15) is 4.39 Å². The number of aromatic nitrogens is 2. The van der Waals surface area contributed by atoms with Gasteiger partial charge in [-0.3, -0.25) is 0 Å². The molecule has 2 rings (SSSR count). The van der Waals surface area contributed by atoms with Gasteiger partial charge in [-0.1, -0.05) is 18.6 Å². The molecule has 0 aliphatic heterocycles. The van der Waals surface area contributed by atoms with Crippen LogP contribution in [0.2, 0.25) is 0 Å². The van der Waals surface area contributed by atoms with Crippen molar-refractivity contribution in [2.75, 3.05) is 11.9 Å². The zero-order chi connectivity index (χ0) is 13.8. The first kappa shape index (κ1) is 13.5. The van der Waals surface area contributed by atoms with E-state index in [1.54, 1.807) is 18.2 Å². The highest BCUT2D eigenvalue weighted by Gasteiger charge is 2.09. The van der Waals surface area contributed by atoms with Gasteiger partial charge in [-0.25, -0.2) is 14.4 Å². The van der Waals surface area contributed by atoms with Gasteiger partial charge in [0.1, 0.15) is 5.82 Å². The predicted molar refractivity (Wildman–Crippen MR) is 75.7 cm³/mol. The Morgan fingerprint density at radius 2 is 1.95 bits per heavy atom. The van der Waals surface area contributed by atoms with Gasteiger partial charge in [-0.15, -0.1) is 0 Å². The van der Waals surface area contributed by atoms with E-state index in [0.29, 0.717) is 17.2 Å². The lowest BCUT2D eigenvalue weighted by Gasteiger charge is -2.09. The summed E-state index contributed by atoms with van der Waals surface area (Å²) in [5.41, 5.74) is 2.97. The number of hydrogen-bond acceptors (Lipinski definition) is 3. The Morgan fingerprint density at radius 3 is 2.68 bits per heavy atom. The summed E-state index contributed by atoms with van der Waals surface area (Å²) in [6.45, 7) is 6.70. The van der Waals surface area contributed by atoms with Gasteiger partial charge in [0.15, 0.2) is 0 Å². The number of rotatable bonds is 4. The van der Waals surface area contributed by atoms with Crippen molar-refractivity contribution in [3.05, 3.63) is 41.3 Å². The minimum Gasteiger partial charge on any atom is -0.354 e. The number of benzene rings is 1. The van der Waals surface area contributed by atoms with Crippen molar-refractivity contribution in [2.24, 2.45) is 0 Å². The average Bonchev–Trinajstić information content (AvgIpc) is 2.38. The Kier molecular flexibility index (Phi) is 4.10. The van der Waals surface area contributed by atoms with E-state index in [1.165, 1.54) is 6.07 Å². The highest BCUT2D eigenvalue weighted by atomic mass is 19.1. The average molecular weight is 259 g/mol. The lowest BCUT2D eigenvalue weighted by molar-refractivity contribution is 0.630. The maximum atomic E-state index is 13.9. The van der Waals surface area contributed by atoms with Crippen molar-refractivity contribution in [1.29, 1.82) is 0 Å². The van der Waals surface area contributed by atoms with Crippen LogP contribution in [0.25, 0.3) is 11.3 Å². The first-order chi connectivity index (χ1) is 9.10. The van der Waals surface area contributed by atoms with Crippen LogP contribution in [-0.4, -0.2) is 16.5 Å². The maximum Gasteiger partial charge on any atom is 0.223 e. The van der Waals surface area contributed by atoms with Crippen LogP contribution in [0.5, 0.6) is 0 Å². The van der Waals surface area contributed by atoms with Crippen molar-refractivity contribution in [3.8, 4) is 11.3 Å². The molecule has 1 aromatic carbocycles. The van der Waals surface area contributed by atoms with Crippen LogP contribution in [0.1, 0.15) is 24.6 Å². The fourth-order valence-corrected chi connectivity index (χ4v) is 1.86. The van der Waals surface area contributed by atoms with Gasteiger partial charge in [-0.2, -0.15) is 0 Å². The summed E-state index contributed by atoms with van der Waals surface area (Å²) in [5.74, 6) is 0.294. The first-order valence-corrected chi connectivity index (χ1v) is 6.46. The molecular weight excluding hydrogens is 241 g/mol. The van der Waals surface area contributed by atoms with Crippen LogP contribution in [0, 0.1) is 19.7 Å². The third kappa shape index (κ3) is 3.28. The van der Waals surface area contributed by atoms with Gasteiger partial charge in [0, 0.05) is 17.8 Å². The van der Waals surface area contributed by atoms with Crippen LogP contribution in [-0.2, 0) is 0 Å². The third-order valence-corrected chi connectivity index (χ3v) is 2.79. The second kappa shape index (κ2) is 5.78. The first-order valence-electron chi connectivity index (χ1n) is 6.46. The normalized spacial score (nSPS) is 10.5. The molecule has 0 bridgehead atoms. The number of halogens is 1. The van der Waals surface area contributed by atoms with E-state index in [1.807, 2.05) is 13.8 Å². The molecule has 2 aromatic rings. The van der Waals surface area contributed by atoms with Crippen LogP contribution in [0.4, 0.5) is 10.3 Å². The number of aryl methyl sites for hydroxylation is 2. The summed E-state index contributed by atoms with van der Waals surface area (Å²) in [7, 11) is 0. The minimum atomic E-state index is -0.259. The summed E-state index contributed by atoms with van der Waals surface area (Å²) in [6, 6.07) is 6.83. The molecular formula is C15H18FN3. The quantitative estimate of drug-likeness (QED) is 0.909. The third-order valence-electron chi connectivity index (χ3n) is 2.79. The monoisotopic (exact) mass is 259 g/mol. The van der Waals surface area contributed by atoms with Crippen molar-refractivity contribution in [2.45, 2.75) is 27.2 Å². The second-order valence-corrected chi connectivity index (χ2v) is 4.63. The SMILES string of the molecule is CCCNc1nc(C)cc(-c2cc(C)ccc2F)n1. The smallest absolute Gasteiger partial charge is 0.223 e. The summed E-state index contributed by atoms with van der Waals surface area (Å²) in [5, 5.41) is 3.13. The molecule has 4 heteroatoms. The van der Waals surface area contributed by atoms with Crippen molar-refractivity contribution in [1.82, 2.24) is 9.97 Å². The van der Waals surface area contributed by atoms with E-state index in [4.69, 9.17) is 0 Å². The van der Waals surface area contributed by atoms with E-state index in [0.717, 1.165) is 24.2 Å². The molecule has 19 heavy (non-hydrogen) atoms. The fraction of sp³-hybridized carbons (Fsp3) is 0.333. The molecule has 1 N–H and O–H groups in total. The van der Waals surface area contributed by atoms with E-state index < -0.39 is 0 Å². The molecule has 1 aromatic heterocycles. The molecule has 0 saturated heterocycles. The molecule has 100 valence electrons. The lowest BCUT2D eigenvalue weighted by Crippen LogP contribution is -2.06. The van der Waals surface area contributed by atoms with E-state index in [2.05, 4.69) is 22.2 Å². The minimum absolute atomic E-state index is 0.259. The maximum absolute atomic E-state index is 13.9. The highest BCUT2D eigenvalue weighted by molar-refractivity contribution is 5.62. The standard InChI is InChI=1S/C15H18FN3/c1-4-7-17-15-18-11(3)9-14(19-15)12-8-10(2)5-6-13(12)16/h5-6,8-9H,4,7H2,1-3H3,(H,17,18,19). The van der Waals surface area contributed by atoms with Gasteiger partial charge in [0.05, 0.1) is 5.69 Å². The fourth-order valence-electron chi connectivity index (χ4n) is 1.86. The Morgan fingerprint density at radius 1 is 1.16 bits per heavy atom. The number of nitrogens with one attached hydrogen (secondary N) is 1. The highest BCUT2D eigenvalue weighted by Crippen LogP contribution is 2.23. The molecule has 0 atom stereocenters. The van der Waals surface area contributed by atoms with Gasteiger partial charge < -0.3 is 5.32 Å². The summed E-state index contributed by atoms with van der Waals surface area (Å²) >= 11 is 0. The van der Waals surface area contributed by atoms with Crippen molar-refractivity contribution >= 4 is 5.95 Å². The van der Waals surface area contributed by atoms with Crippen LogP contribution >= 0.6 is 0 Å². The van der Waals surface area contributed by atoms with Crippen LogP contribution in [0.15, 0.2) is 24.3 Å². The molecule has 0 radical (unpaired) electrons. The molecule has 3 nitrogen and oxygen atoms in total. The van der Waals surface area contributed by atoms with Gasteiger partial charge in [0.2, 0.25) is 5.95 Å². The van der Waals surface area contributed by atoms with E-state index in [-0.39, 0.29) is 5.82 Å². The number of nitrogens with zero attached hydrogens (tertiary/aromatic N) is 2. The molecule has 0 spiro atoms. The summed E-state index contributed by atoms with van der Waals surface area (Å²) in [4.78, 5) is 8.69. The van der Waals surface area contributed by atoms with Gasteiger partial charge >= 0.3 is 0 Å². The lowest BCUT2D eigenvalue weighted by atomic mass is 10.1. The van der Waals surface area contributed by atoms with Gasteiger partial charge in [-0.05, 0) is 38.5 Å². The molecule has 0 aliphatic carbocycles. The molecule has 1 heterocycles. The van der Waals surface area contributed by atoms with Crippen molar-refractivity contribution in [3.63, 3.8) is 0 Å². The number of hydrogen-bond donors (Lipinski definition) is 1. The topological polar surface area (TPSA) is 37.8 Å². The van der Waals surface area contributed by atoms with Crippen molar-refractivity contribution < 1.29 is 4.39 Å². The molecule has 0 saturated carbocycles. The Hall–Kier alpha value is -1.97. The Labute approximate surface area is 112 Å². The zero-order valence-corrected chi connectivity index (χ0v) is 11.5. The zero-order valence-electron chi connectivity index (χ0n) is 11.5. The van der Waals surface area contributed by atoms with Crippen LogP contribution < -0.4 is 5.32 Å². The molecule has 0 unspecified atom stereocenters. The molecule has 0 amide bonds. The molecule has 0 fully saturated rings. The van der Waals surface area contributed by atoms with E-state index >= 15 is 0 Å². The van der Waals surface area contributed by atoms with Gasteiger partial charge in [0.25, 0.3) is 0 Å². The largest absolute Gasteiger partial charge is 0.354 e. The number of anilines is 1. The second-order valence-electron chi connectivity index (χ2n) is 4.63. The Bertz CT molecular complexity index is 582.